The van der Waals surface area contributed by atoms with Gasteiger partial charge < -0.3 is 33.8 Å². The Kier molecular flexibility index (Phi) is 24.6. The number of anilines is 6. The summed E-state index contributed by atoms with van der Waals surface area (Å²) in [5.41, 5.74) is 8.98. The van der Waals surface area contributed by atoms with Crippen LogP contribution >= 0.6 is 0 Å². The second-order valence-electron chi connectivity index (χ2n) is 27.8. The topological polar surface area (TPSA) is 228 Å². The van der Waals surface area contributed by atoms with Gasteiger partial charge in [-0.3, -0.25) is 41.8 Å². The first-order chi connectivity index (χ1) is 51.2. The van der Waals surface area contributed by atoms with Gasteiger partial charge in [0.1, 0.15) is 46.3 Å². The SMILES string of the molecule is C.C.C.CC(C)Cn1c(=O)n(C)c(=O)c2c(N(C)c3ccccc3)n(Cc3ccc(-n4cccc4)cc3)cc21.CC(C)Cn1c(=O)n(C)c(=O)c2c(Nc3ccccc3)n(Cc3ccc(-n4cccn4)cc3)cc21.CC(C)Cn1c(=O)n(C)c(=O)c2c(Nc3ccccc3)n(Cc3ccc(-n4cncn4)cc3)cc21. The van der Waals surface area contributed by atoms with E-state index in [1.807, 2.05) is 221 Å². The maximum absolute atomic E-state index is 13.5. The normalized spacial score (nSPS) is 11.1. The van der Waals surface area contributed by atoms with E-state index in [9.17, 15) is 28.8 Å². The Balaban J connectivity index is 0.000000172. The summed E-state index contributed by atoms with van der Waals surface area (Å²) in [6.45, 7) is 15.6. The fraction of sp³-hybridized carbons (Fsp3) is 0.259. The monoisotopic (exact) mass is 1470 g/mol. The molecule has 0 radical (unpaired) electrons. The average Bonchev–Trinajstić information content (AvgIpc) is 1.63. The van der Waals surface area contributed by atoms with Crippen molar-refractivity contribution in [3.05, 3.63) is 317 Å². The van der Waals surface area contributed by atoms with Gasteiger partial charge in [-0.05, 0) is 125 Å². The third kappa shape index (κ3) is 16.7. The second kappa shape index (κ2) is 34.1. The molecule has 9 heterocycles. The van der Waals surface area contributed by atoms with Crippen molar-refractivity contribution in [2.24, 2.45) is 38.9 Å². The lowest BCUT2D eigenvalue weighted by molar-refractivity contribution is 0.502. The van der Waals surface area contributed by atoms with Gasteiger partial charge in [0, 0.05) is 134 Å². The zero-order valence-corrected chi connectivity index (χ0v) is 61.1. The van der Waals surface area contributed by atoms with Gasteiger partial charge in [-0.25, -0.2) is 28.7 Å². The van der Waals surface area contributed by atoms with Crippen LogP contribution in [0.3, 0.4) is 0 Å². The van der Waals surface area contributed by atoms with E-state index in [4.69, 9.17) is 0 Å². The fourth-order valence-corrected chi connectivity index (χ4v) is 13.3. The summed E-state index contributed by atoms with van der Waals surface area (Å²) in [6.07, 6.45) is 16.6. The zero-order valence-electron chi connectivity index (χ0n) is 61.1. The molecule has 0 bridgehead atoms. The summed E-state index contributed by atoms with van der Waals surface area (Å²) in [6, 6.07) is 59.8. The molecule has 2 N–H and O–H groups in total. The van der Waals surface area contributed by atoms with Crippen molar-refractivity contribution >= 4 is 67.2 Å². The quantitative estimate of drug-likeness (QED) is 0.0685. The van der Waals surface area contributed by atoms with Crippen molar-refractivity contribution in [1.29, 1.82) is 0 Å². The predicted octanol–water partition coefficient (Wildman–Crippen LogP) is 14.3. The molecule has 109 heavy (non-hydrogen) atoms. The van der Waals surface area contributed by atoms with Crippen LogP contribution in [0, 0.1) is 17.8 Å². The summed E-state index contributed by atoms with van der Waals surface area (Å²) in [5.74, 6) is 2.83. The van der Waals surface area contributed by atoms with Gasteiger partial charge in [-0.15, -0.1) is 0 Å². The van der Waals surface area contributed by atoms with E-state index >= 15 is 0 Å². The Bertz CT molecular complexity index is 5680. The van der Waals surface area contributed by atoms with Crippen LogP contribution in [-0.4, -0.2) is 77.3 Å². The molecule has 0 aliphatic heterocycles. The molecule has 6 aromatic carbocycles. The molecule has 564 valence electrons. The van der Waals surface area contributed by atoms with Gasteiger partial charge in [-0.1, -0.05) is 155 Å². The highest BCUT2D eigenvalue weighted by atomic mass is 16.2. The van der Waals surface area contributed by atoms with E-state index in [-0.39, 0.29) is 73.8 Å². The number of hydrogen-bond acceptors (Lipinski definition) is 12. The lowest BCUT2D eigenvalue weighted by atomic mass is 10.2. The standard InChI is InChI=1S/C29H31N5O2.C27H28N6O2.C26H27N7O2.3CH4/c1-21(2)18-34-25-20-33(19-22-12-14-24(15-13-22)32-16-8-9-17-32)27(26(25)28(35)31(4)29(34)36)30(3)23-10-6-5-7-11-23;1-19(2)16-32-23-18-31(17-20-10-12-22(13-11-20)33-15-7-14-28-33)25(29-21-8-5-4-6-9-21)24(23)26(34)30(3)27(32)35;1-18(2)13-32-22-15-31(14-19-9-11-21(12-10-19)33-17-27-16-28-33)24(29-20-7-5-4-6-8-20)23(22)25(34)30(3)26(32)35;;;/h5-17,20-21H,18-19H2,1-4H3;4-15,18-19,29H,16-17H2,1-3H3;4-12,15-18,29H,13-14H2,1-3H3;3*1H4. The van der Waals surface area contributed by atoms with Gasteiger partial charge in [0.25, 0.3) is 16.7 Å². The highest BCUT2D eigenvalue weighted by molar-refractivity contribution is 5.95. The minimum atomic E-state index is -0.316. The minimum absolute atomic E-state index is 0. The molecule has 0 atom stereocenters. The van der Waals surface area contributed by atoms with Crippen molar-refractivity contribution in [2.75, 3.05) is 22.6 Å². The van der Waals surface area contributed by atoms with E-state index in [1.165, 1.54) is 27.1 Å². The van der Waals surface area contributed by atoms with Crippen molar-refractivity contribution in [1.82, 2.24) is 70.2 Å². The largest absolute Gasteiger partial charge is 0.341 e. The Morgan fingerprint density at radius 1 is 0.404 bits per heavy atom. The van der Waals surface area contributed by atoms with Crippen LogP contribution in [0.4, 0.5) is 34.5 Å². The van der Waals surface area contributed by atoms with Crippen molar-refractivity contribution in [3.8, 4) is 17.1 Å². The van der Waals surface area contributed by atoms with Crippen LogP contribution in [0.2, 0.25) is 0 Å². The molecule has 0 spiro atoms. The minimum Gasteiger partial charge on any atom is -0.341 e. The van der Waals surface area contributed by atoms with E-state index < -0.39 is 0 Å². The van der Waals surface area contributed by atoms with Crippen LogP contribution in [-0.2, 0) is 60.4 Å². The summed E-state index contributed by atoms with van der Waals surface area (Å²) < 4.78 is 20.4. The van der Waals surface area contributed by atoms with Gasteiger partial charge in [-0.2, -0.15) is 10.2 Å². The third-order valence-electron chi connectivity index (χ3n) is 18.5. The Morgan fingerprint density at radius 3 is 1.17 bits per heavy atom. The molecular weight excluding hydrogens is 1370 g/mol. The van der Waals surface area contributed by atoms with Gasteiger partial charge in [0.2, 0.25) is 0 Å². The van der Waals surface area contributed by atoms with Crippen molar-refractivity contribution < 1.29 is 0 Å². The highest BCUT2D eigenvalue weighted by Crippen LogP contribution is 2.34. The van der Waals surface area contributed by atoms with E-state index in [1.54, 1.807) is 45.0 Å². The average molecular weight is 1470 g/mol. The van der Waals surface area contributed by atoms with Crippen LogP contribution in [0.15, 0.2) is 267 Å². The fourth-order valence-electron chi connectivity index (χ4n) is 13.3. The molecule has 24 heteroatoms. The van der Waals surface area contributed by atoms with Crippen molar-refractivity contribution in [2.45, 2.75) is 103 Å². The molecule has 0 saturated heterocycles. The smallest absolute Gasteiger partial charge is 0.331 e. The van der Waals surface area contributed by atoms with Gasteiger partial charge in [0.15, 0.2) is 0 Å². The number of para-hydroxylation sites is 3. The molecule has 15 aromatic rings. The van der Waals surface area contributed by atoms with Crippen LogP contribution in [0.5, 0.6) is 0 Å². The summed E-state index contributed by atoms with van der Waals surface area (Å²) in [5, 5.41) is 16.9. The number of fused-ring (bicyclic) bond motifs is 3. The first-order valence-electron chi connectivity index (χ1n) is 35.4. The molecule has 0 aliphatic carbocycles. The zero-order chi connectivity index (χ0) is 74.4. The van der Waals surface area contributed by atoms with Gasteiger partial charge in [0.05, 0.1) is 27.9 Å². The summed E-state index contributed by atoms with van der Waals surface area (Å²) in [7, 11) is 6.60. The van der Waals surface area contributed by atoms with Gasteiger partial charge >= 0.3 is 17.1 Å². The molecule has 0 saturated carbocycles. The van der Waals surface area contributed by atoms with E-state index in [0.29, 0.717) is 83.6 Å². The molecule has 0 fully saturated rings. The number of rotatable bonds is 21. The molecule has 9 aromatic heterocycles. The highest BCUT2D eigenvalue weighted by Gasteiger charge is 2.26. The Morgan fingerprint density at radius 2 is 0.780 bits per heavy atom. The molecule has 0 amide bonds. The second-order valence-corrected chi connectivity index (χ2v) is 27.8. The predicted molar refractivity (Wildman–Crippen MR) is 441 cm³/mol. The maximum atomic E-state index is 13.5. The van der Waals surface area contributed by atoms with E-state index in [2.05, 4.69) is 101 Å². The summed E-state index contributed by atoms with van der Waals surface area (Å²) in [4.78, 5) is 85.3. The van der Waals surface area contributed by atoms with E-state index in [0.717, 1.165) is 56.6 Å². The molecule has 15 rings (SSSR count). The molecular formula is C85H98N18O6. The first kappa shape index (κ1) is 78.6. The Hall–Kier alpha value is -13.0. The number of nitrogens with one attached hydrogen (secondary N) is 2. The number of benzene rings is 6. The Labute approximate surface area is 633 Å². The van der Waals surface area contributed by atoms with Crippen LogP contribution in [0.25, 0.3) is 49.8 Å². The number of nitrogens with zero attached hydrogens (tertiary/aromatic N) is 16. The number of aromatic nitrogens is 15. The number of hydrogen-bond donors (Lipinski definition) is 2. The molecule has 0 unspecified atom stereocenters. The van der Waals surface area contributed by atoms with Crippen LogP contribution in [0.1, 0.15) is 80.5 Å². The van der Waals surface area contributed by atoms with Crippen molar-refractivity contribution in [3.63, 3.8) is 0 Å². The molecule has 0 aliphatic rings. The maximum Gasteiger partial charge on any atom is 0.331 e. The third-order valence-corrected chi connectivity index (χ3v) is 18.5. The first-order valence-corrected chi connectivity index (χ1v) is 35.4. The lowest BCUT2D eigenvalue weighted by Gasteiger charge is -2.22. The van der Waals surface area contributed by atoms with Crippen LogP contribution < -0.4 is 49.3 Å². The molecule has 24 nitrogen and oxygen atoms in total. The lowest BCUT2D eigenvalue weighted by Crippen LogP contribution is -2.38. The summed E-state index contributed by atoms with van der Waals surface area (Å²) >= 11 is 0.